The summed E-state index contributed by atoms with van der Waals surface area (Å²) < 4.78 is 0. The van der Waals surface area contributed by atoms with E-state index in [1.165, 1.54) is 5.01 Å². The zero-order chi connectivity index (χ0) is 9.97. The van der Waals surface area contributed by atoms with Gasteiger partial charge in [-0.25, -0.2) is 0 Å². The van der Waals surface area contributed by atoms with Gasteiger partial charge in [0.15, 0.2) is 0 Å². The third-order valence-corrected chi connectivity index (χ3v) is 2.47. The third-order valence-electron chi connectivity index (χ3n) is 2.47. The largest absolute Gasteiger partial charge is 0.390 e. The molecule has 5 nitrogen and oxygen atoms in total. The summed E-state index contributed by atoms with van der Waals surface area (Å²) >= 11 is 0. The highest BCUT2D eigenvalue weighted by Gasteiger charge is 2.34. The summed E-state index contributed by atoms with van der Waals surface area (Å²) in [5.41, 5.74) is 0.831. The van der Waals surface area contributed by atoms with Crippen LogP contribution in [-0.2, 0) is 0 Å². The number of pyridine rings is 1. The molecule has 0 bridgehead atoms. The van der Waals surface area contributed by atoms with Crippen molar-refractivity contribution in [3.05, 3.63) is 35.0 Å². The van der Waals surface area contributed by atoms with Gasteiger partial charge in [-0.2, -0.15) is 0 Å². The summed E-state index contributed by atoms with van der Waals surface area (Å²) in [6, 6.07) is 3.29. The van der Waals surface area contributed by atoms with E-state index in [9.17, 15) is 10.0 Å². The normalized spacial score (nSPS) is 26.5. The quantitative estimate of drug-likeness (QED) is 0.708. The summed E-state index contributed by atoms with van der Waals surface area (Å²) in [4.78, 5) is 14.4. The van der Waals surface area contributed by atoms with Gasteiger partial charge < -0.3 is 5.11 Å². The lowest BCUT2D eigenvalue weighted by atomic mass is 10.1. The van der Waals surface area contributed by atoms with Crippen LogP contribution >= 0.6 is 0 Å². The molecule has 0 aromatic carbocycles. The lowest BCUT2D eigenvalue weighted by molar-refractivity contribution is 0.117. The van der Waals surface area contributed by atoms with E-state index >= 15 is 0 Å². The lowest BCUT2D eigenvalue weighted by Crippen LogP contribution is -2.22. The minimum Gasteiger partial charge on any atom is -0.390 e. The number of aromatic nitrogens is 1. The van der Waals surface area contributed by atoms with Gasteiger partial charge in [-0.15, -0.1) is 4.91 Å². The van der Waals surface area contributed by atoms with Crippen LogP contribution < -0.4 is 0 Å². The zero-order valence-corrected chi connectivity index (χ0v) is 7.58. The van der Waals surface area contributed by atoms with Gasteiger partial charge in [0.05, 0.1) is 11.4 Å². The Balaban J connectivity index is 2.27. The van der Waals surface area contributed by atoms with E-state index in [0.717, 1.165) is 5.56 Å². The fraction of sp³-hybridized carbons (Fsp3) is 0.444. The molecule has 1 aliphatic rings. The van der Waals surface area contributed by atoms with Crippen LogP contribution in [0.2, 0.25) is 0 Å². The van der Waals surface area contributed by atoms with Gasteiger partial charge in [0.2, 0.25) is 0 Å². The number of nitroso groups, excluding NO2 is 1. The molecular formula is C9H11N3O2. The zero-order valence-electron chi connectivity index (χ0n) is 7.58. The number of hydrogen-bond donors (Lipinski definition) is 1. The van der Waals surface area contributed by atoms with Crippen molar-refractivity contribution in [2.24, 2.45) is 5.29 Å². The van der Waals surface area contributed by atoms with Crippen LogP contribution in [0.25, 0.3) is 0 Å². The van der Waals surface area contributed by atoms with Crippen molar-refractivity contribution < 1.29 is 5.11 Å². The van der Waals surface area contributed by atoms with Crippen molar-refractivity contribution in [3.8, 4) is 0 Å². The standard InChI is InChI=1S/C9H11N3O2/c13-8-3-5-12(11-14)9(8)7-2-1-4-10-6-7/h1-2,4,6,8-9,13H,3,5H2/t8-,9-/m1/s1. The molecule has 0 aliphatic carbocycles. The number of aliphatic hydroxyl groups is 1. The number of rotatable bonds is 2. The molecule has 2 heterocycles. The molecule has 0 saturated carbocycles. The van der Waals surface area contributed by atoms with E-state index in [1.54, 1.807) is 18.5 Å². The molecule has 1 saturated heterocycles. The van der Waals surface area contributed by atoms with Gasteiger partial charge in [-0.3, -0.25) is 9.99 Å². The minimum absolute atomic E-state index is 0.332. The highest BCUT2D eigenvalue weighted by atomic mass is 16.3. The fourth-order valence-corrected chi connectivity index (χ4v) is 1.80. The van der Waals surface area contributed by atoms with E-state index in [-0.39, 0.29) is 6.04 Å². The van der Waals surface area contributed by atoms with Crippen molar-refractivity contribution >= 4 is 0 Å². The van der Waals surface area contributed by atoms with Crippen molar-refractivity contribution in [2.75, 3.05) is 6.54 Å². The number of aliphatic hydroxyl groups excluding tert-OH is 1. The average molecular weight is 193 g/mol. The van der Waals surface area contributed by atoms with E-state index in [0.29, 0.717) is 13.0 Å². The van der Waals surface area contributed by atoms with Crippen molar-refractivity contribution in [3.63, 3.8) is 0 Å². The second kappa shape index (κ2) is 3.71. The van der Waals surface area contributed by atoms with Gasteiger partial charge in [0.25, 0.3) is 0 Å². The first kappa shape index (κ1) is 9.08. The second-order valence-electron chi connectivity index (χ2n) is 3.33. The van der Waals surface area contributed by atoms with E-state index in [1.807, 2.05) is 6.07 Å². The Morgan fingerprint density at radius 2 is 2.50 bits per heavy atom. The average Bonchev–Trinajstić information content (AvgIpc) is 2.61. The molecule has 14 heavy (non-hydrogen) atoms. The topological polar surface area (TPSA) is 65.8 Å². The smallest absolute Gasteiger partial charge is 0.103 e. The Morgan fingerprint density at radius 1 is 1.64 bits per heavy atom. The Kier molecular flexibility index (Phi) is 2.41. The molecule has 0 radical (unpaired) electrons. The van der Waals surface area contributed by atoms with Crippen LogP contribution in [0.3, 0.4) is 0 Å². The summed E-state index contributed by atoms with van der Waals surface area (Å²) in [7, 11) is 0. The molecule has 0 unspecified atom stereocenters. The van der Waals surface area contributed by atoms with Crippen molar-refractivity contribution in [1.82, 2.24) is 9.99 Å². The Labute approximate surface area is 81.3 Å². The first-order valence-electron chi connectivity index (χ1n) is 4.51. The van der Waals surface area contributed by atoms with E-state index in [4.69, 9.17) is 0 Å². The molecule has 74 valence electrons. The number of nitrogens with zero attached hydrogens (tertiary/aromatic N) is 3. The van der Waals surface area contributed by atoms with E-state index in [2.05, 4.69) is 10.3 Å². The van der Waals surface area contributed by atoms with Gasteiger partial charge in [-0.05, 0) is 18.1 Å². The third kappa shape index (κ3) is 1.46. The fourth-order valence-electron chi connectivity index (χ4n) is 1.80. The maximum Gasteiger partial charge on any atom is 0.103 e. The van der Waals surface area contributed by atoms with Gasteiger partial charge in [0.1, 0.15) is 6.04 Å². The maximum atomic E-state index is 10.5. The van der Waals surface area contributed by atoms with Gasteiger partial charge in [-0.1, -0.05) is 6.07 Å². The Hall–Kier alpha value is -1.49. The first-order chi connectivity index (χ1) is 6.83. The highest BCUT2D eigenvalue weighted by Crippen LogP contribution is 2.31. The molecule has 2 atom stereocenters. The molecular weight excluding hydrogens is 182 g/mol. The SMILES string of the molecule is O=NN1CC[C@@H](O)[C@H]1c1cccnc1. The van der Waals surface area contributed by atoms with Crippen LogP contribution in [0.4, 0.5) is 0 Å². The molecule has 5 heteroatoms. The molecule has 0 spiro atoms. The minimum atomic E-state index is -0.531. The summed E-state index contributed by atoms with van der Waals surface area (Å²) in [5, 5.41) is 13.9. The second-order valence-corrected chi connectivity index (χ2v) is 3.33. The highest BCUT2D eigenvalue weighted by molar-refractivity contribution is 5.17. The maximum absolute atomic E-state index is 10.5. The Morgan fingerprint density at radius 3 is 3.14 bits per heavy atom. The molecule has 1 aromatic heterocycles. The summed E-state index contributed by atoms with van der Waals surface area (Å²) in [6.45, 7) is 0.504. The number of hydrogen-bond acceptors (Lipinski definition) is 4. The van der Waals surface area contributed by atoms with Crippen molar-refractivity contribution in [2.45, 2.75) is 18.6 Å². The van der Waals surface area contributed by atoms with Crippen LogP contribution in [0.5, 0.6) is 0 Å². The van der Waals surface area contributed by atoms with Crippen LogP contribution in [-0.4, -0.2) is 27.7 Å². The summed E-state index contributed by atoms with van der Waals surface area (Å²) in [6.07, 6.45) is 3.35. The monoisotopic (exact) mass is 193 g/mol. The molecule has 0 amide bonds. The van der Waals surface area contributed by atoms with E-state index < -0.39 is 6.10 Å². The predicted molar refractivity (Wildman–Crippen MR) is 50.1 cm³/mol. The summed E-state index contributed by atoms with van der Waals surface area (Å²) in [5.74, 6) is 0. The van der Waals surface area contributed by atoms with Gasteiger partial charge >= 0.3 is 0 Å². The van der Waals surface area contributed by atoms with Crippen LogP contribution in [0.1, 0.15) is 18.0 Å². The molecule has 1 aliphatic heterocycles. The lowest BCUT2D eigenvalue weighted by Gasteiger charge is -2.20. The predicted octanol–water partition coefficient (Wildman–Crippen LogP) is 0.871. The van der Waals surface area contributed by atoms with Crippen LogP contribution in [0.15, 0.2) is 29.8 Å². The Bertz CT molecular complexity index is 317. The van der Waals surface area contributed by atoms with Crippen LogP contribution in [0, 0.1) is 4.91 Å². The molecule has 1 aromatic rings. The van der Waals surface area contributed by atoms with Crippen molar-refractivity contribution in [1.29, 1.82) is 0 Å². The molecule has 1 fully saturated rings. The van der Waals surface area contributed by atoms with Gasteiger partial charge in [0, 0.05) is 18.9 Å². The first-order valence-corrected chi connectivity index (χ1v) is 4.51. The molecule has 2 rings (SSSR count). The molecule has 1 N–H and O–H groups in total.